The zero-order chi connectivity index (χ0) is 21.5. The molecule has 9 nitrogen and oxygen atoms in total. The van der Waals surface area contributed by atoms with Crippen molar-refractivity contribution >= 4 is 17.7 Å². The van der Waals surface area contributed by atoms with Crippen molar-refractivity contribution in [2.24, 2.45) is 5.73 Å². The van der Waals surface area contributed by atoms with Gasteiger partial charge in [-0.3, -0.25) is 15.2 Å². The second-order valence-electron chi connectivity index (χ2n) is 6.41. The van der Waals surface area contributed by atoms with E-state index in [0.29, 0.717) is 11.4 Å². The molecule has 0 bridgehead atoms. The largest absolute Gasteiger partial charge is 0.497 e. The number of nitrogens with one attached hydrogen (secondary N) is 2. The molecular weight excluding hydrogens is 388 g/mol. The van der Waals surface area contributed by atoms with Crippen molar-refractivity contribution in [2.45, 2.75) is 19.6 Å². The van der Waals surface area contributed by atoms with E-state index in [1.807, 2.05) is 6.07 Å². The monoisotopic (exact) mass is 410 g/mol. The number of anilines is 1. The second kappa shape index (κ2) is 9.46. The number of hydrogen-bond donors (Lipinski definition) is 3. The van der Waals surface area contributed by atoms with Gasteiger partial charge in [-0.25, -0.2) is 4.79 Å². The highest BCUT2D eigenvalue weighted by atomic mass is 16.5. The van der Waals surface area contributed by atoms with Crippen molar-refractivity contribution in [3.8, 4) is 22.6 Å². The maximum atomic E-state index is 12.3. The van der Waals surface area contributed by atoms with Crippen LogP contribution in [0.4, 0.5) is 10.5 Å². The minimum atomic E-state index is -0.891. The molecule has 156 valence electrons. The Kier molecular flexibility index (Phi) is 6.53. The molecule has 0 saturated heterocycles. The van der Waals surface area contributed by atoms with Gasteiger partial charge in [-0.2, -0.15) is 5.10 Å². The van der Waals surface area contributed by atoms with E-state index in [1.54, 1.807) is 55.9 Å². The average Bonchev–Trinajstić information content (AvgIpc) is 3.28. The van der Waals surface area contributed by atoms with Crippen molar-refractivity contribution in [1.29, 1.82) is 0 Å². The van der Waals surface area contributed by atoms with E-state index in [4.69, 9.17) is 19.9 Å². The smallest absolute Gasteiger partial charge is 0.412 e. The summed E-state index contributed by atoms with van der Waals surface area (Å²) in [5.41, 5.74) is 8.02. The van der Waals surface area contributed by atoms with Crippen molar-refractivity contribution in [3.63, 3.8) is 0 Å². The van der Waals surface area contributed by atoms with Crippen LogP contribution >= 0.6 is 0 Å². The molecule has 9 heteroatoms. The molecule has 1 atom stereocenters. The summed E-state index contributed by atoms with van der Waals surface area (Å²) in [6.07, 6.45) is 1.79. The number of H-pyrrole nitrogens is 1. The Hall–Kier alpha value is -4.01. The molecule has 4 N–H and O–H groups in total. The number of rotatable bonds is 8. The number of ether oxygens (including phenoxy) is 3. The van der Waals surface area contributed by atoms with Crippen LogP contribution in [0.5, 0.6) is 11.5 Å². The lowest BCUT2D eigenvalue weighted by atomic mass is 10.1. The minimum Gasteiger partial charge on any atom is -0.497 e. The van der Waals surface area contributed by atoms with Gasteiger partial charge in [-0.15, -0.1) is 0 Å². The molecule has 30 heavy (non-hydrogen) atoms. The van der Waals surface area contributed by atoms with Gasteiger partial charge in [0, 0.05) is 11.8 Å². The molecule has 0 aliphatic heterocycles. The number of hydrogen-bond acceptors (Lipinski definition) is 6. The summed E-state index contributed by atoms with van der Waals surface area (Å²) in [6, 6.07) is 12.3. The van der Waals surface area contributed by atoms with Crippen LogP contribution in [0.3, 0.4) is 0 Å². The molecular formula is C21H22N4O5. The van der Waals surface area contributed by atoms with E-state index in [9.17, 15) is 9.59 Å². The van der Waals surface area contributed by atoms with Gasteiger partial charge < -0.3 is 19.9 Å². The summed E-state index contributed by atoms with van der Waals surface area (Å²) in [5.74, 6) is 0.316. The first-order chi connectivity index (χ1) is 14.5. The number of aromatic nitrogens is 2. The van der Waals surface area contributed by atoms with Gasteiger partial charge in [0.15, 0.2) is 6.10 Å². The molecule has 0 aliphatic carbocycles. The quantitative estimate of drug-likeness (QED) is 0.523. The molecule has 2 amide bonds. The lowest BCUT2D eigenvalue weighted by molar-refractivity contribution is -0.123. The Balaban J connectivity index is 1.74. The van der Waals surface area contributed by atoms with Crippen LogP contribution in [0.2, 0.25) is 0 Å². The van der Waals surface area contributed by atoms with Gasteiger partial charge in [0.2, 0.25) is 0 Å². The van der Waals surface area contributed by atoms with Crippen LogP contribution in [-0.2, 0) is 16.1 Å². The fourth-order valence-corrected chi connectivity index (χ4v) is 2.62. The lowest BCUT2D eigenvalue weighted by Gasteiger charge is -2.17. The summed E-state index contributed by atoms with van der Waals surface area (Å²) in [7, 11) is 1.56. The molecule has 0 radical (unpaired) electrons. The molecule has 3 aromatic rings. The third-order valence-corrected chi connectivity index (χ3v) is 4.26. The molecule has 2 aromatic carbocycles. The van der Waals surface area contributed by atoms with Crippen molar-refractivity contribution < 1.29 is 23.8 Å². The van der Waals surface area contributed by atoms with E-state index >= 15 is 0 Å². The van der Waals surface area contributed by atoms with Gasteiger partial charge in [-0.1, -0.05) is 18.2 Å². The molecule has 0 aliphatic rings. The Bertz CT molecular complexity index is 1020. The standard InChI is InChI=1S/C21H22N4O5/c1-13(20(22)26)30-19-9-15(16-10-23-24-11-16)6-7-18(19)25-21(27)29-12-14-4-3-5-17(8-14)28-2/h3-11,13H,12H2,1-2H3,(H2,22,26)(H,23,24)(H,25,27). The van der Waals surface area contributed by atoms with E-state index in [1.165, 1.54) is 6.92 Å². The number of aromatic amines is 1. The molecule has 0 spiro atoms. The number of benzene rings is 2. The van der Waals surface area contributed by atoms with E-state index in [0.717, 1.165) is 16.7 Å². The average molecular weight is 410 g/mol. The number of carbonyl (C=O) groups excluding carboxylic acids is 2. The molecule has 0 saturated carbocycles. The first-order valence-electron chi connectivity index (χ1n) is 9.12. The Morgan fingerprint density at radius 1 is 1.20 bits per heavy atom. The first-order valence-corrected chi connectivity index (χ1v) is 9.12. The topological polar surface area (TPSA) is 129 Å². The van der Waals surface area contributed by atoms with Crippen LogP contribution in [0.1, 0.15) is 12.5 Å². The predicted octanol–water partition coefficient (Wildman–Crippen LogP) is 3.09. The van der Waals surface area contributed by atoms with E-state index in [-0.39, 0.29) is 12.4 Å². The van der Waals surface area contributed by atoms with E-state index in [2.05, 4.69) is 15.5 Å². The van der Waals surface area contributed by atoms with Crippen molar-refractivity contribution in [3.05, 3.63) is 60.4 Å². The Morgan fingerprint density at radius 2 is 2.03 bits per heavy atom. The number of carbonyl (C=O) groups is 2. The summed E-state index contributed by atoms with van der Waals surface area (Å²) in [5, 5.41) is 9.28. The SMILES string of the molecule is COc1cccc(COC(=O)Nc2ccc(-c3cn[nH]c3)cc2OC(C)C(N)=O)c1. The summed E-state index contributed by atoms with van der Waals surface area (Å²) < 4.78 is 16.1. The summed E-state index contributed by atoms with van der Waals surface area (Å²) in [4.78, 5) is 23.7. The highest BCUT2D eigenvalue weighted by Crippen LogP contribution is 2.31. The lowest BCUT2D eigenvalue weighted by Crippen LogP contribution is -2.31. The summed E-state index contributed by atoms with van der Waals surface area (Å²) in [6.45, 7) is 1.59. The fraction of sp³-hybridized carbons (Fsp3) is 0.190. The predicted molar refractivity (Wildman–Crippen MR) is 110 cm³/mol. The Labute approximate surface area is 173 Å². The Morgan fingerprint density at radius 3 is 2.73 bits per heavy atom. The van der Waals surface area contributed by atoms with Crippen LogP contribution in [0.15, 0.2) is 54.9 Å². The number of primary amides is 1. The molecule has 0 fully saturated rings. The highest BCUT2D eigenvalue weighted by molar-refractivity contribution is 5.88. The van der Waals surface area contributed by atoms with Crippen LogP contribution in [0.25, 0.3) is 11.1 Å². The fourth-order valence-electron chi connectivity index (χ4n) is 2.62. The maximum absolute atomic E-state index is 12.3. The molecule has 1 aromatic heterocycles. The van der Waals surface area contributed by atoms with Gasteiger partial charge in [0.05, 0.1) is 19.0 Å². The van der Waals surface area contributed by atoms with Gasteiger partial charge in [0.1, 0.15) is 18.1 Å². The maximum Gasteiger partial charge on any atom is 0.412 e. The third kappa shape index (κ3) is 5.28. The van der Waals surface area contributed by atoms with E-state index < -0.39 is 18.1 Å². The number of methoxy groups -OCH3 is 1. The zero-order valence-corrected chi connectivity index (χ0v) is 16.5. The van der Waals surface area contributed by atoms with Crippen LogP contribution in [0, 0.1) is 0 Å². The second-order valence-corrected chi connectivity index (χ2v) is 6.41. The summed E-state index contributed by atoms with van der Waals surface area (Å²) >= 11 is 0. The highest BCUT2D eigenvalue weighted by Gasteiger charge is 2.16. The molecule has 3 rings (SSSR count). The first kappa shape index (κ1) is 20.7. The van der Waals surface area contributed by atoms with Gasteiger partial charge >= 0.3 is 6.09 Å². The van der Waals surface area contributed by atoms with Crippen LogP contribution in [-0.4, -0.2) is 35.4 Å². The number of nitrogens with zero attached hydrogens (tertiary/aromatic N) is 1. The number of nitrogens with two attached hydrogens (primary N) is 1. The normalized spacial score (nSPS) is 11.4. The van der Waals surface area contributed by atoms with Gasteiger partial charge in [-0.05, 0) is 42.3 Å². The van der Waals surface area contributed by atoms with Gasteiger partial charge in [0.25, 0.3) is 5.91 Å². The minimum absolute atomic E-state index is 0.0595. The zero-order valence-electron chi connectivity index (χ0n) is 16.5. The molecule has 1 heterocycles. The molecule has 1 unspecified atom stereocenters. The van der Waals surface area contributed by atoms with Crippen molar-refractivity contribution in [2.75, 3.05) is 12.4 Å². The van der Waals surface area contributed by atoms with Crippen molar-refractivity contribution in [1.82, 2.24) is 10.2 Å². The number of amides is 2. The van der Waals surface area contributed by atoms with Crippen LogP contribution < -0.4 is 20.5 Å². The third-order valence-electron chi connectivity index (χ3n) is 4.26.